The summed E-state index contributed by atoms with van der Waals surface area (Å²) in [5, 5.41) is 7.94. The molecule has 3 nitrogen and oxygen atoms in total. The van der Waals surface area contributed by atoms with Gasteiger partial charge in [-0.25, -0.2) is 0 Å². The average molecular weight is 145 g/mol. The Morgan fingerprint density at radius 2 is 1.89 bits per heavy atom. The zero-order chi connectivity index (χ0) is 7.28. The van der Waals surface area contributed by atoms with Crippen LogP contribution in [-0.4, -0.2) is 17.1 Å². The van der Waals surface area contributed by atoms with Gasteiger partial charge in [0, 0.05) is 5.71 Å². The second-order valence-electron chi connectivity index (χ2n) is 1.69. The Morgan fingerprint density at radius 1 is 1.33 bits per heavy atom. The van der Waals surface area contributed by atoms with Crippen molar-refractivity contribution in [3.8, 4) is 0 Å². The monoisotopic (exact) mass is 145 g/mol. The van der Waals surface area contributed by atoms with Crippen LogP contribution < -0.4 is 5.73 Å². The van der Waals surface area contributed by atoms with Gasteiger partial charge in [0.1, 0.15) is 0 Å². The highest BCUT2D eigenvalue weighted by Gasteiger charge is 1.82. The van der Waals surface area contributed by atoms with Crippen LogP contribution in [0.15, 0.2) is 10.2 Å². The maximum Gasteiger partial charge on any atom is 0.180 e. The SMILES string of the molecule is CS/C(N)=N/N=C(C)C. The molecule has 0 radical (unpaired) electrons. The zero-order valence-corrected chi connectivity index (χ0v) is 6.70. The molecule has 9 heavy (non-hydrogen) atoms. The lowest BCUT2D eigenvalue weighted by Crippen LogP contribution is -2.04. The van der Waals surface area contributed by atoms with Crippen LogP contribution in [0.1, 0.15) is 13.8 Å². The molecule has 52 valence electrons. The minimum Gasteiger partial charge on any atom is -0.377 e. The van der Waals surface area contributed by atoms with E-state index in [9.17, 15) is 0 Å². The molecule has 0 saturated heterocycles. The molecule has 0 aromatic heterocycles. The fourth-order valence-electron chi connectivity index (χ4n) is 0.190. The van der Waals surface area contributed by atoms with E-state index in [1.54, 1.807) is 0 Å². The van der Waals surface area contributed by atoms with E-state index in [2.05, 4.69) is 10.2 Å². The fourth-order valence-corrected chi connectivity index (χ4v) is 0.313. The quantitative estimate of drug-likeness (QED) is 0.341. The first-order valence-corrected chi connectivity index (χ1v) is 3.77. The van der Waals surface area contributed by atoms with Crippen molar-refractivity contribution in [2.45, 2.75) is 13.8 Å². The van der Waals surface area contributed by atoms with Gasteiger partial charge in [-0.15, -0.1) is 5.10 Å². The van der Waals surface area contributed by atoms with Crippen LogP contribution in [0, 0.1) is 0 Å². The molecular formula is C5H11N3S. The molecule has 0 aliphatic heterocycles. The molecule has 0 bridgehead atoms. The summed E-state index contributed by atoms with van der Waals surface area (Å²) in [5.41, 5.74) is 6.24. The van der Waals surface area contributed by atoms with Gasteiger partial charge < -0.3 is 5.73 Å². The molecular weight excluding hydrogens is 134 g/mol. The van der Waals surface area contributed by atoms with Gasteiger partial charge in [-0.2, -0.15) is 5.10 Å². The number of nitrogens with two attached hydrogens (primary N) is 1. The van der Waals surface area contributed by atoms with E-state index in [1.807, 2.05) is 20.1 Å². The normalized spacial score (nSPS) is 11.2. The Hall–Kier alpha value is -0.510. The average Bonchev–Trinajstić information content (AvgIpc) is 1.83. The van der Waals surface area contributed by atoms with Crippen LogP contribution in [-0.2, 0) is 0 Å². The molecule has 0 heterocycles. The topological polar surface area (TPSA) is 50.7 Å². The predicted octanol–water partition coefficient (Wildman–Crippen LogP) is 1.06. The van der Waals surface area contributed by atoms with Crippen molar-refractivity contribution in [1.29, 1.82) is 0 Å². The second-order valence-corrected chi connectivity index (χ2v) is 2.52. The number of rotatable bonds is 1. The van der Waals surface area contributed by atoms with Crippen molar-refractivity contribution in [1.82, 2.24) is 0 Å². The van der Waals surface area contributed by atoms with Crippen molar-refractivity contribution < 1.29 is 0 Å². The number of hydrogen-bond donors (Lipinski definition) is 1. The van der Waals surface area contributed by atoms with E-state index in [1.165, 1.54) is 11.8 Å². The Balaban J connectivity index is 3.83. The van der Waals surface area contributed by atoms with Crippen LogP contribution >= 0.6 is 11.8 Å². The van der Waals surface area contributed by atoms with Crippen LogP contribution in [0.4, 0.5) is 0 Å². The number of amidine groups is 1. The Kier molecular flexibility index (Phi) is 4.13. The first-order valence-electron chi connectivity index (χ1n) is 2.55. The van der Waals surface area contributed by atoms with Gasteiger partial charge in [0.2, 0.25) is 0 Å². The number of hydrogen-bond acceptors (Lipinski definition) is 3. The lowest BCUT2D eigenvalue weighted by molar-refractivity contribution is 1.22. The molecule has 0 saturated carbocycles. The highest BCUT2D eigenvalue weighted by Crippen LogP contribution is 1.90. The van der Waals surface area contributed by atoms with Gasteiger partial charge in [-0.1, -0.05) is 11.8 Å². The maximum atomic E-state index is 5.33. The van der Waals surface area contributed by atoms with Crippen LogP contribution in [0.5, 0.6) is 0 Å². The Morgan fingerprint density at radius 3 is 2.22 bits per heavy atom. The first kappa shape index (κ1) is 8.49. The highest BCUT2D eigenvalue weighted by atomic mass is 32.2. The molecule has 0 spiro atoms. The minimum atomic E-state index is 0.496. The molecule has 0 atom stereocenters. The van der Waals surface area contributed by atoms with Gasteiger partial charge >= 0.3 is 0 Å². The van der Waals surface area contributed by atoms with Crippen LogP contribution in [0.2, 0.25) is 0 Å². The summed E-state index contributed by atoms with van der Waals surface area (Å²) in [6.45, 7) is 3.74. The van der Waals surface area contributed by atoms with E-state index < -0.39 is 0 Å². The van der Waals surface area contributed by atoms with E-state index in [-0.39, 0.29) is 0 Å². The fraction of sp³-hybridized carbons (Fsp3) is 0.600. The molecule has 0 fully saturated rings. The second kappa shape index (κ2) is 4.38. The van der Waals surface area contributed by atoms with Crippen molar-refractivity contribution in [3.63, 3.8) is 0 Å². The third-order valence-corrected chi connectivity index (χ3v) is 1.06. The zero-order valence-electron chi connectivity index (χ0n) is 5.88. The standard InChI is InChI=1S/C5H11N3S/c1-4(2)7-8-5(6)9-3/h1-3H3,(H2,6,8). The third kappa shape index (κ3) is 5.36. The molecule has 0 aromatic carbocycles. The summed E-state index contributed by atoms with van der Waals surface area (Å²) in [6.07, 6.45) is 1.86. The van der Waals surface area contributed by atoms with Gasteiger partial charge in [-0.3, -0.25) is 0 Å². The summed E-state index contributed by atoms with van der Waals surface area (Å²) in [6, 6.07) is 0. The summed E-state index contributed by atoms with van der Waals surface area (Å²) in [5.74, 6) is 0. The molecule has 0 unspecified atom stereocenters. The molecule has 0 rings (SSSR count). The van der Waals surface area contributed by atoms with Gasteiger partial charge in [-0.05, 0) is 20.1 Å². The van der Waals surface area contributed by atoms with E-state index in [4.69, 9.17) is 5.73 Å². The van der Waals surface area contributed by atoms with Crippen molar-refractivity contribution in [2.75, 3.05) is 6.26 Å². The Bertz CT molecular complexity index is 135. The maximum absolute atomic E-state index is 5.33. The third-order valence-electron chi connectivity index (χ3n) is 0.558. The number of nitrogens with zero attached hydrogens (tertiary/aromatic N) is 2. The van der Waals surface area contributed by atoms with Crippen LogP contribution in [0.3, 0.4) is 0 Å². The van der Waals surface area contributed by atoms with Gasteiger partial charge in [0.15, 0.2) is 5.17 Å². The molecule has 0 aromatic rings. The Labute approximate surface area is 59.4 Å². The van der Waals surface area contributed by atoms with Crippen molar-refractivity contribution in [2.24, 2.45) is 15.9 Å². The summed E-state index contributed by atoms with van der Waals surface area (Å²) >= 11 is 1.39. The van der Waals surface area contributed by atoms with Gasteiger partial charge in [0.05, 0.1) is 0 Å². The van der Waals surface area contributed by atoms with E-state index >= 15 is 0 Å². The van der Waals surface area contributed by atoms with Gasteiger partial charge in [0.25, 0.3) is 0 Å². The summed E-state index contributed by atoms with van der Waals surface area (Å²) in [4.78, 5) is 0. The molecule has 0 aliphatic rings. The summed E-state index contributed by atoms with van der Waals surface area (Å²) < 4.78 is 0. The van der Waals surface area contributed by atoms with Crippen LogP contribution in [0.25, 0.3) is 0 Å². The smallest absolute Gasteiger partial charge is 0.180 e. The molecule has 0 amide bonds. The van der Waals surface area contributed by atoms with E-state index in [0.29, 0.717) is 5.17 Å². The molecule has 0 aliphatic carbocycles. The largest absolute Gasteiger partial charge is 0.377 e. The molecule has 4 heteroatoms. The lowest BCUT2D eigenvalue weighted by atomic mass is 10.5. The minimum absolute atomic E-state index is 0.496. The number of thioether (sulfide) groups is 1. The van der Waals surface area contributed by atoms with Crippen molar-refractivity contribution >= 4 is 22.6 Å². The summed E-state index contributed by atoms with van der Waals surface area (Å²) in [7, 11) is 0. The highest BCUT2D eigenvalue weighted by molar-refractivity contribution is 8.13. The van der Waals surface area contributed by atoms with Crippen molar-refractivity contribution in [3.05, 3.63) is 0 Å². The first-order chi connectivity index (χ1) is 4.16. The predicted molar refractivity (Wildman–Crippen MR) is 43.9 cm³/mol. The lowest BCUT2D eigenvalue weighted by Gasteiger charge is -1.87. The molecule has 2 N–H and O–H groups in total. The van der Waals surface area contributed by atoms with E-state index in [0.717, 1.165) is 5.71 Å².